The maximum absolute atomic E-state index is 5.67. The van der Waals surface area contributed by atoms with E-state index in [9.17, 15) is 0 Å². The fraction of sp³-hybridized carbons (Fsp3) is 0.333. The molecule has 1 aliphatic heterocycles. The lowest BCUT2D eigenvalue weighted by atomic mass is 10.3. The monoisotopic (exact) mass is 285 g/mol. The molecule has 0 bridgehead atoms. The standard InChI is InChI=1S/C15H19N5O/c1-21-13-3-2-6-17-15(13)20-9-7-19(8-10-20)14-5-4-12(16)11-18-14/h2-6,11H,7-10,16H2,1H3. The van der Waals surface area contributed by atoms with E-state index in [0.29, 0.717) is 5.69 Å². The number of nitrogens with zero attached hydrogens (tertiary/aromatic N) is 4. The molecule has 1 saturated heterocycles. The second-order valence-electron chi connectivity index (χ2n) is 4.95. The largest absolute Gasteiger partial charge is 0.493 e. The fourth-order valence-electron chi connectivity index (χ4n) is 2.51. The molecule has 110 valence electrons. The summed E-state index contributed by atoms with van der Waals surface area (Å²) in [4.78, 5) is 13.3. The third-order valence-electron chi connectivity index (χ3n) is 3.64. The Hall–Kier alpha value is -2.50. The summed E-state index contributed by atoms with van der Waals surface area (Å²) < 4.78 is 5.38. The van der Waals surface area contributed by atoms with Crippen LogP contribution in [0.5, 0.6) is 5.75 Å². The molecule has 0 radical (unpaired) electrons. The molecule has 2 aromatic heterocycles. The van der Waals surface area contributed by atoms with Crippen molar-refractivity contribution in [2.75, 3.05) is 48.8 Å². The van der Waals surface area contributed by atoms with E-state index in [4.69, 9.17) is 10.5 Å². The van der Waals surface area contributed by atoms with Crippen LogP contribution in [0.15, 0.2) is 36.7 Å². The lowest BCUT2D eigenvalue weighted by Gasteiger charge is -2.36. The molecule has 0 unspecified atom stereocenters. The smallest absolute Gasteiger partial charge is 0.171 e. The zero-order valence-electron chi connectivity index (χ0n) is 12.1. The summed E-state index contributed by atoms with van der Waals surface area (Å²) in [7, 11) is 1.68. The molecule has 0 atom stereocenters. The molecule has 3 heterocycles. The van der Waals surface area contributed by atoms with Gasteiger partial charge in [0.15, 0.2) is 11.6 Å². The van der Waals surface area contributed by atoms with Crippen molar-refractivity contribution in [2.45, 2.75) is 0 Å². The number of hydrogen-bond acceptors (Lipinski definition) is 6. The van der Waals surface area contributed by atoms with Crippen LogP contribution in [-0.4, -0.2) is 43.3 Å². The second-order valence-corrected chi connectivity index (χ2v) is 4.95. The number of aromatic nitrogens is 2. The van der Waals surface area contributed by atoms with Gasteiger partial charge in [-0.1, -0.05) is 0 Å². The van der Waals surface area contributed by atoms with Gasteiger partial charge in [-0.25, -0.2) is 9.97 Å². The van der Waals surface area contributed by atoms with E-state index in [0.717, 1.165) is 43.6 Å². The Bertz CT molecular complexity index is 593. The molecule has 0 aromatic carbocycles. The van der Waals surface area contributed by atoms with E-state index in [2.05, 4.69) is 19.8 Å². The van der Waals surface area contributed by atoms with Crippen LogP contribution in [0, 0.1) is 0 Å². The van der Waals surface area contributed by atoms with Gasteiger partial charge in [-0.05, 0) is 24.3 Å². The maximum atomic E-state index is 5.67. The summed E-state index contributed by atoms with van der Waals surface area (Å²) in [5.74, 6) is 2.69. The number of pyridine rings is 2. The summed E-state index contributed by atoms with van der Waals surface area (Å²) in [5, 5.41) is 0. The number of ether oxygens (including phenoxy) is 1. The second kappa shape index (κ2) is 5.87. The molecule has 6 nitrogen and oxygen atoms in total. The average molecular weight is 285 g/mol. The van der Waals surface area contributed by atoms with Crippen molar-refractivity contribution in [1.29, 1.82) is 0 Å². The number of nitrogen functional groups attached to an aromatic ring is 1. The van der Waals surface area contributed by atoms with Crippen LogP contribution in [0.3, 0.4) is 0 Å². The Morgan fingerprint density at radius 1 is 1.05 bits per heavy atom. The van der Waals surface area contributed by atoms with Gasteiger partial charge in [-0.3, -0.25) is 0 Å². The molecular weight excluding hydrogens is 266 g/mol. The van der Waals surface area contributed by atoms with Crippen molar-refractivity contribution in [1.82, 2.24) is 9.97 Å². The summed E-state index contributed by atoms with van der Waals surface area (Å²) >= 11 is 0. The quantitative estimate of drug-likeness (QED) is 0.919. The van der Waals surface area contributed by atoms with Gasteiger partial charge in [-0.15, -0.1) is 0 Å². The van der Waals surface area contributed by atoms with Gasteiger partial charge in [0.05, 0.1) is 19.0 Å². The van der Waals surface area contributed by atoms with Crippen LogP contribution < -0.4 is 20.3 Å². The van der Waals surface area contributed by atoms with Crippen molar-refractivity contribution in [3.63, 3.8) is 0 Å². The van der Waals surface area contributed by atoms with Crippen LogP contribution in [0.25, 0.3) is 0 Å². The molecule has 0 aliphatic carbocycles. The first-order valence-electron chi connectivity index (χ1n) is 6.98. The Balaban J connectivity index is 1.69. The van der Waals surface area contributed by atoms with Crippen LogP contribution in [0.4, 0.5) is 17.3 Å². The fourth-order valence-corrected chi connectivity index (χ4v) is 2.51. The van der Waals surface area contributed by atoms with E-state index < -0.39 is 0 Å². The summed E-state index contributed by atoms with van der Waals surface area (Å²) in [6.07, 6.45) is 3.50. The van der Waals surface area contributed by atoms with Gasteiger partial charge < -0.3 is 20.3 Å². The van der Waals surface area contributed by atoms with Crippen molar-refractivity contribution >= 4 is 17.3 Å². The van der Waals surface area contributed by atoms with E-state index >= 15 is 0 Å². The zero-order chi connectivity index (χ0) is 14.7. The van der Waals surface area contributed by atoms with Gasteiger partial charge in [0.1, 0.15) is 5.82 Å². The van der Waals surface area contributed by atoms with Gasteiger partial charge >= 0.3 is 0 Å². The van der Waals surface area contributed by atoms with Gasteiger partial charge in [0, 0.05) is 32.4 Å². The molecule has 3 rings (SSSR count). The molecule has 2 aromatic rings. The van der Waals surface area contributed by atoms with Gasteiger partial charge in [0.25, 0.3) is 0 Å². The normalized spacial score (nSPS) is 15.1. The number of anilines is 3. The Morgan fingerprint density at radius 2 is 1.81 bits per heavy atom. The number of piperazine rings is 1. The number of methoxy groups -OCH3 is 1. The van der Waals surface area contributed by atoms with E-state index in [1.54, 1.807) is 19.5 Å². The van der Waals surface area contributed by atoms with E-state index in [1.807, 2.05) is 24.3 Å². The molecule has 2 N–H and O–H groups in total. The SMILES string of the molecule is COc1cccnc1N1CCN(c2ccc(N)cn2)CC1. The first kappa shape index (κ1) is 13.5. The third-order valence-corrected chi connectivity index (χ3v) is 3.64. The van der Waals surface area contributed by atoms with Crippen LogP contribution >= 0.6 is 0 Å². The topological polar surface area (TPSA) is 67.5 Å². The lowest BCUT2D eigenvalue weighted by molar-refractivity contribution is 0.411. The summed E-state index contributed by atoms with van der Waals surface area (Å²) in [5.41, 5.74) is 6.37. The Kier molecular flexibility index (Phi) is 3.77. The molecule has 1 fully saturated rings. The van der Waals surface area contributed by atoms with E-state index in [1.165, 1.54) is 0 Å². The average Bonchev–Trinajstić information content (AvgIpc) is 2.56. The molecule has 21 heavy (non-hydrogen) atoms. The van der Waals surface area contributed by atoms with Crippen molar-refractivity contribution in [2.24, 2.45) is 0 Å². The minimum Gasteiger partial charge on any atom is -0.493 e. The highest BCUT2D eigenvalue weighted by Crippen LogP contribution is 2.26. The molecule has 6 heteroatoms. The third kappa shape index (κ3) is 2.84. The highest BCUT2D eigenvalue weighted by Gasteiger charge is 2.21. The number of hydrogen-bond donors (Lipinski definition) is 1. The summed E-state index contributed by atoms with van der Waals surface area (Å²) in [6, 6.07) is 7.68. The molecule has 0 amide bonds. The highest BCUT2D eigenvalue weighted by atomic mass is 16.5. The maximum Gasteiger partial charge on any atom is 0.171 e. The van der Waals surface area contributed by atoms with Crippen LogP contribution in [-0.2, 0) is 0 Å². The first-order chi connectivity index (χ1) is 10.3. The van der Waals surface area contributed by atoms with Crippen LogP contribution in [0.1, 0.15) is 0 Å². The van der Waals surface area contributed by atoms with E-state index in [-0.39, 0.29) is 0 Å². The molecule has 0 spiro atoms. The Labute approximate surface area is 124 Å². The first-order valence-corrected chi connectivity index (χ1v) is 6.98. The zero-order valence-corrected chi connectivity index (χ0v) is 12.1. The van der Waals surface area contributed by atoms with Gasteiger partial charge in [0.2, 0.25) is 0 Å². The van der Waals surface area contributed by atoms with Crippen molar-refractivity contribution in [3.8, 4) is 5.75 Å². The minimum atomic E-state index is 0.690. The Morgan fingerprint density at radius 3 is 2.48 bits per heavy atom. The van der Waals surface area contributed by atoms with Crippen molar-refractivity contribution in [3.05, 3.63) is 36.7 Å². The summed E-state index contributed by atoms with van der Waals surface area (Å²) in [6.45, 7) is 3.58. The number of rotatable bonds is 3. The molecule has 0 saturated carbocycles. The lowest BCUT2D eigenvalue weighted by Crippen LogP contribution is -2.47. The van der Waals surface area contributed by atoms with Gasteiger partial charge in [-0.2, -0.15) is 0 Å². The van der Waals surface area contributed by atoms with Crippen molar-refractivity contribution < 1.29 is 4.74 Å². The molecule has 1 aliphatic rings. The van der Waals surface area contributed by atoms with Crippen LogP contribution in [0.2, 0.25) is 0 Å². The highest BCUT2D eigenvalue weighted by molar-refractivity contribution is 5.54. The molecular formula is C15H19N5O. The minimum absolute atomic E-state index is 0.690. The predicted molar refractivity (Wildman–Crippen MR) is 83.9 cm³/mol. The number of nitrogens with two attached hydrogens (primary N) is 1. The predicted octanol–water partition coefficient (Wildman–Crippen LogP) is 1.39.